The number of anilines is 5. The number of piperidine rings is 2. The number of benzene rings is 3. The molecule has 6 aromatic rings. The van der Waals surface area contributed by atoms with Crippen LogP contribution in [0.4, 0.5) is 34.3 Å². The molecule has 4 N–H and O–H groups in total. The van der Waals surface area contributed by atoms with E-state index in [1.54, 1.807) is 13.2 Å². The quantitative estimate of drug-likeness (QED) is 0.0554. The molecule has 6 fully saturated rings. The van der Waals surface area contributed by atoms with Crippen LogP contribution in [-0.4, -0.2) is 141 Å². The van der Waals surface area contributed by atoms with Gasteiger partial charge < -0.3 is 49.1 Å². The second-order valence-electron chi connectivity index (χ2n) is 25.3. The van der Waals surface area contributed by atoms with Crippen LogP contribution in [0.2, 0.25) is 0 Å². The van der Waals surface area contributed by atoms with Crippen LogP contribution in [0.3, 0.4) is 0 Å². The Morgan fingerprint density at radius 3 is 2.47 bits per heavy atom. The van der Waals surface area contributed by atoms with Crippen LogP contribution >= 0.6 is 0 Å². The van der Waals surface area contributed by atoms with Crippen molar-refractivity contribution in [1.82, 2.24) is 24.6 Å². The van der Waals surface area contributed by atoms with E-state index in [4.69, 9.17) is 28.9 Å². The van der Waals surface area contributed by atoms with Crippen molar-refractivity contribution in [1.29, 1.82) is 0 Å². The molecule has 3 aromatic heterocycles. The Kier molecular flexibility index (Phi) is 15.7. The average molecular weight is 1180 g/mol. The summed E-state index contributed by atoms with van der Waals surface area (Å²) in [4.78, 5) is 48.8. The van der Waals surface area contributed by atoms with Crippen molar-refractivity contribution < 1.29 is 42.2 Å². The fourth-order valence-corrected chi connectivity index (χ4v) is 15.9. The number of likely N-dealkylation sites (tertiary alicyclic amines) is 1. The minimum absolute atomic E-state index is 0.110. The highest BCUT2D eigenvalue weighted by atomic mass is 32.2. The monoisotopic (exact) mass is 1180 g/mol. The first kappa shape index (κ1) is 57.1. The Labute approximate surface area is 496 Å². The molecule has 450 valence electrons. The maximum absolute atomic E-state index is 14.9. The fourth-order valence-electron chi connectivity index (χ4n) is 14.9. The van der Waals surface area contributed by atoms with Gasteiger partial charge >= 0.3 is 0 Å². The highest BCUT2D eigenvalue weighted by Crippen LogP contribution is 2.55. The number of aromatic nitrogens is 3. The van der Waals surface area contributed by atoms with E-state index >= 15 is 0 Å². The summed E-state index contributed by atoms with van der Waals surface area (Å²) in [6.45, 7) is 10.9. The molecule has 2 aliphatic carbocycles. The van der Waals surface area contributed by atoms with Crippen LogP contribution in [0.25, 0.3) is 11.0 Å². The van der Waals surface area contributed by atoms with Crippen LogP contribution in [0.15, 0.2) is 96.2 Å². The van der Waals surface area contributed by atoms with Gasteiger partial charge in [0, 0.05) is 80.9 Å². The third-order valence-electron chi connectivity index (χ3n) is 19.8. The van der Waals surface area contributed by atoms with Gasteiger partial charge in [-0.05, 0) is 180 Å². The average Bonchev–Trinajstić information content (AvgIpc) is 1.90. The predicted octanol–water partition coefficient (Wildman–Crippen LogP) is 9.62. The zero-order valence-corrected chi connectivity index (χ0v) is 49.7. The van der Waals surface area contributed by atoms with Crippen molar-refractivity contribution in [2.24, 2.45) is 17.3 Å². The zero-order chi connectivity index (χ0) is 58.6. The van der Waals surface area contributed by atoms with Gasteiger partial charge in [-0.3, -0.25) is 19.8 Å². The van der Waals surface area contributed by atoms with Gasteiger partial charge in [0.2, 0.25) is 5.88 Å². The van der Waals surface area contributed by atoms with E-state index in [1.165, 1.54) is 28.8 Å². The summed E-state index contributed by atoms with van der Waals surface area (Å²) in [6.07, 6.45) is 14.2. The van der Waals surface area contributed by atoms with Gasteiger partial charge in [-0.25, -0.2) is 18.1 Å². The second-order valence-corrected chi connectivity index (χ2v) is 27.0. The van der Waals surface area contributed by atoms with Crippen molar-refractivity contribution in [2.45, 2.75) is 126 Å². The van der Waals surface area contributed by atoms with Crippen molar-refractivity contribution in [3.63, 3.8) is 0 Å². The number of ether oxygens (including phenoxy) is 4. The number of morpholine rings is 1. The molecule has 20 nitrogen and oxygen atoms in total. The molecule has 4 saturated heterocycles. The number of carbonyl (C=O) groups is 1. The fraction of sp³-hybridized carbons (Fsp3) is 0.516. The third-order valence-corrected chi connectivity index (χ3v) is 21.1. The molecule has 1 spiro atoms. The molecule has 2 saturated carbocycles. The molecule has 7 aliphatic rings. The van der Waals surface area contributed by atoms with Gasteiger partial charge in [-0.2, -0.15) is 4.98 Å². The van der Waals surface area contributed by atoms with E-state index in [1.807, 2.05) is 37.4 Å². The number of fused-ring (bicyclic) bond motifs is 3. The smallest absolute Gasteiger partial charge is 0.293 e. The lowest BCUT2D eigenvalue weighted by Crippen LogP contribution is -2.57. The number of carbonyl (C=O) groups excluding carboxylic acids is 1. The maximum Gasteiger partial charge on any atom is 0.293 e. The molecule has 21 heteroatoms. The van der Waals surface area contributed by atoms with E-state index in [2.05, 4.69) is 78.1 Å². The Morgan fingerprint density at radius 1 is 0.894 bits per heavy atom. The highest BCUT2D eigenvalue weighted by Gasteiger charge is 2.50. The largest absolute Gasteiger partial charge is 0.493 e. The van der Waals surface area contributed by atoms with Gasteiger partial charge in [-0.15, -0.1) is 0 Å². The third kappa shape index (κ3) is 11.6. The lowest BCUT2D eigenvalue weighted by Gasteiger charge is -2.58. The number of aryl methyl sites for hydroxylation is 1. The number of H-pyrrole nitrogens is 1. The normalized spacial score (nSPS) is 25.4. The standard InChI is InChI=1S/C64H78N10O10S/c1-41-6-4-5-7-49(41)53-31-43(30-44-32-57(81-3)60(67-39-44)71-25-28-82-29-26-71)15-22-72(53)47-36-64(37-47)19-23-70(24-20-64)46-8-10-50(54(34-46)73-52-16-27-83-40-58(52)84-62-56(73)33-45-14-21-65-59(45)68-62)61(75)69-85(79,80)48-9-11-51(55(35-48)74(77)78)66-38-42-12-17-63(2,76)18-13-42/h4-11,14,21,32-35,39,42-43,47,52-53,58,66,76H,12-13,15-20,22-31,36-38,40H2,1-3H3,(H,65,68)(H,69,75)/t42?,43-,52+,53-,58+,63?/m1/s1. The molecule has 5 aliphatic heterocycles. The highest BCUT2D eigenvalue weighted by molar-refractivity contribution is 7.90. The van der Waals surface area contributed by atoms with Crippen LogP contribution in [0.5, 0.6) is 11.6 Å². The first-order chi connectivity index (χ1) is 41.1. The molecule has 85 heavy (non-hydrogen) atoms. The minimum atomic E-state index is -4.64. The van der Waals surface area contributed by atoms with Crippen molar-refractivity contribution in [3.8, 4) is 11.6 Å². The number of nitrogens with zero attached hydrogens (tertiary/aromatic N) is 7. The van der Waals surface area contributed by atoms with E-state index in [-0.39, 0.29) is 28.6 Å². The van der Waals surface area contributed by atoms with Crippen LogP contribution < -0.4 is 34.2 Å². The van der Waals surface area contributed by atoms with Gasteiger partial charge in [0.05, 0.1) is 59.6 Å². The first-order valence-corrected chi connectivity index (χ1v) is 32.0. The molecule has 8 heterocycles. The summed E-state index contributed by atoms with van der Waals surface area (Å²) in [5.74, 6) is 1.89. The minimum Gasteiger partial charge on any atom is -0.493 e. The number of rotatable bonds is 15. The summed E-state index contributed by atoms with van der Waals surface area (Å²) in [5.41, 5.74) is 6.00. The molecule has 3 aromatic carbocycles. The molecule has 0 unspecified atom stereocenters. The Hall–Kier alpha value is -7.04. The van der Waals surface area contributed by atoms with E-state index in [9.17, 15) is 28.4 Å². The molecule has 4 atom stereocenters. The summed E-state index contributed by atoms with van der Waals surface area (Å²) in [7, 11) is -2.91. The number of methoxy groups -OCH3 is 1. The van der Waals surface area contributed by atoms with E-state index in [0.29, 0.717) is 93.1 Å². The number of amides is 1. The molecule has 13 rings (SSSR count). The van der Waals surface area contributed by atoms with Crippen molar-refractivity contribution >= 4 is 61.2 Å². The van der Waals surface area contributed by atoms with Crippen molar-refractivity contribution in [3.05, 3.63) is 124 Å². The molecule has 0 radical (unpaired) electrons. The number of hydrogen-bond donors (Lipinski definition) is 4. The summed E-state index contributed by atoms with van der Waals surface area (Å²) in [6, 6.07) is 24.8. The number of sulfonamides is 1. The SMILES string of the molecule is COc1cc(C[C@H]2CCN(C3CC4(CCN(c5ccc(C(=O)NS(=O)(=O)c6ccc(NCC7CCC(C)(O)CC7)c([N+](=O)[O-])c6)c(N6c7cc8cc[nH]c8nc7O[C@H]7COCC[C@@H]76)c5)CC4)C3)[C@@H](c3ccccc3C)C2)cnc1N1CCOCC1. The number of pyridine rings is 2. The lowest BCUT2D eigenvalue weighted by molar-refractivity contribution is -0.384. The van der Waals surface area contributed by atoms with Crippen molar-refractivity contribution in [2.75, 3.05) is 92.8 Å². The van der Waals surface area contributed by atoms with Gasteiger partial charge in [-0.1, -0.05) is 24.3 Å². The Morgan fingerprint density at radius 2 is 1.69 bits per heavy atom. The Balaban J connectivity index is 0.736. The Bertz CT molecular complexity index is 3570. The summed E-state index contributed by atoms with van der Waals surface area (Å²) in [5, 5.41) is 26.9. The van der Waals surface area contributed by atoms with E-state index < -0.39 is 43.1 Å². The maximum atomic E-state index is 14.9. The number of aromatic amines is 1. The number of aliphatic hydroxyl groups is 1. The number of nitro benzene ring substituents is 1. The topological polar surface area (TPSA) is 230 Å². The van der Waals surface area contributed by atoms with Crippen LogP contribution in [-0.2, 0) is 25.9 Å². The zero-order valence-electron chi connectivity index (χ0n) is 48.8. The predicted molar refractivity (Wildman–Crippen MR) is 325 cm³/mol. The van der Waals surface area contributed by atoms with Gasteiger partial charge in [0.15, 0.2) is 11.6 Å². The number of nitro groups is 1. The lowest BCUT2D eigenvalue weighted by atomic mass is 9.59. The van der Waals surface area contributed by atoms with Gasteiger partial charge in [0.1, 0.15) is 23.1 Å². The number of hydrogen-bond acceptors (Lipinski definition) is 17. The second kappa shape index (κ2) is 23.3. The van der Waals surface area contributed by atoms with Gasteiger partial charge in [0.25, 0.3) is 21.6 Å². The molecular weight excluding hydrogens is 1100 g/mol. The van der Waals surface area contributed by atoms with Crippen LogP contribution in [0, 0.1) is 34.3 Å². The molecule has 0 bridgehead atoms. The first-order valence-electron chi connectivity index (χ1n) is 30.5. The number of nitrogens with one attached hydrogen (secondary N) is 3. The summed E-state index contributed by atoms with van der Waals surface area (Å²) < 4.78 is 54.9. The molecule has 1 amide bonds. The van der Waals surface area contributed by atoms with E-state index in [0.717, 1.165) is 119 Å². The van der Waals surface area contributed by atoms with Crippen LogP contribution in [0.1, 0.15) is 111 Å². The summed E-state index contributed by atoms with van der Waals surface area (Å²) >= 11 is 0. The molecular formula is C64H78N10O10S.